The summed E-state index contributed by atoms with van der Waals surface area (Å²) in [7, 11) is -3.19. The predicted molar refractivity (Wildman–Crippen MR) is 115 cm³/mol. The third kappa shape index (κ3) is 5.28. The standard InChI is InChI=1S/C18H24BrN5O4S/c1-2-3-10-29(26,27)24-8-6-23(7-9-24)13-4-5-14(19)15(11-13)21-17(25)16-12-28-18(20)22-16/h4-5,11-12H,2-3,6-10H2,1H3,(H2,20,22)(H,21,25). The second kappa shape index (κ2) is 9.14. The summed E-state index contributed by atoms with van der Waals surface area (Å²) in [5.41, 5.74) is 6.97. The molecule has 2 heterocycles. The van der Waals surface area contributed by atoms with Gasteiger partial charge in [-0.2, -0.15) is 9.29 Å². The Labute approximate surface area is 178 Å². The number of nitrogens with one attached hydrogen (secondary N) is 1. The van der Waals surface area contributed by atoms with Crippen LogP contribution in [0.3, 0.4) is 0 Å². The molecule has 3 rings (SSSR count). The number of nitrogens with two attached hydrogens (primary N) is 1. The smallest absolute Gasteiger partial charge is 0.292 e. The number of carbonyl (C=O) groups excluding carboxylic acids is 1. The van der Waals surface area contributed by atoms with Crippen LogP contribution in [-0.2, 0) is 10.0 Å². The van der Waals surface area contributed by atoms with Crippen LogP contribution in [-0.4, -0.2) is 55.5 Å². The lowest BCUT2D eigenvalue weighted by atomic mass is 10.2. The van der Waals surface area contributed by atoms with Crippen LogP contribution in [0.5, 0.6) is 0 Å². The molecule has 29 heavy (non-hydrogen) atoms. The summed E-state index contributed by atoms with van der Waals surface area (Å²) < 4.78 is 31.9. The summed E-state index contributed by atoms with van der Waals surface area (Å²) in [6.07, 6.45) is 2.73. The molecule has 0 radical (unpaired) electrons. The molecule has 2 aromatic rings. The number of piperazine rings is 1. The Bertz CT molecular complexity index is 970. The maximum Gasteiger partial charge on any atom is 0.292 e. The van der Waals surface area contributed by atoms with E-state index >= 15 is 0 Å². The van der Waals surface area contributed by atoms with Crippen molar-refractivity contribution in [2.24, 2.45) is 0 Å². The average molecular weight is 486 g/mol. The maximum absolute atomic E-state index is 12.4. The third-order valence-corrected chi connectivity index (χ3v) is 7.35. The van der Waals surface area contributed by atoms with Crippen LogP contribution in [0.15, 0.2) is 33.4 Å². The van der Waals surface area contributed by atoms with Gasteiger partial charge in [-0.3, -0.25) is 4.79 Å². The van der Waals surface area contributed by atoms with Crippen molar-refractivity contribution >= 4 is 49.2 Å². The molecule has 1 aliphatic heterocycles. The van der Waals surface area contributed by atoms with E-state index in [4.69, 9.17) is 10.2 Å². The molecule has 0 aliphatic carbocycles. The van der Waals surface area contributed by atoms with Crippen LogP contribution in [0, 0.1) is 0 Å². The van der Waals surface area contributed by atoms with Crippen LogP contribution >= 0.6 is 15.9 Å². The number of sulfonamides is 1. The number of hydrogen-bond acceptors (Lipinski definition) is 7. The Hall–Kier alpha value is -2.11. The number of nitrogen functional groups attached to an aromatic ring is 1. The van der Waals surface area contributed by atoms with Gasteiger partial charge in [0.1, 0.15) is 6.26 Å². The molecule has 1 aromatic heterocycles. The number of halogens is 1. The molecule has 1 saturated heterocycles. The predicted octanol–water partition coefficient (Wildman–Crippen LogP) is 2.52. The van der Waals surface area contributed by atoms with Gasteiger partial charge in [0.15, 0.2) is 5.69 Å². The van der Waals surface area contributed by atoms with Crippen LogP contribution in [0.1, 0.15) is 30.3 Å². The highest BCUT2D eigenvalue weighted by atomic mass is 79.9. The fraction of sp³-hybridized carbons (Fsp3) is 0.444. The number of hydrogen-bond donors (Lipinski definition) is 2. The molecule has 3 N–H and O–H groups in total. The minimum Gasteiger partial charge on any atom is -0.431 e. The highest BCUT2D eigenvalue weighted by Gasteiger charge is 2.26. The van der Waals surface area contributed by atoms with Crippen molar-refractivity contribution in [3.8, 4) is 0 Å². The zero-order chi connectivity index (χ0) is 21.0. The fourth-order valence-electron chi connectivity index (χ4n) is 3.06. The van der Waals surface area contributed by atoms with Crippen LogP contribution < -0.4 is 16.0 Å². The lowest BCUT2D eigenvalue weighted by molar-refractivity contribution is 0.102. The molecule has 0 bridgehead atoms. The summed E-state index contributed by atoms with van der Waals surface area (Å²) >= 11 is 3.43. The molecule has 0 spiro atoms. The van der Waals surface area contributed by atoms with Crippen molar-refractivity contribution in [2.45, 2.75) is 19.8 Å². The number of nitrogens with zero attached hydrogens (tertiary/aromatic N) is 3. The Morgan fingerprint density at radius 1 is 1.31 bits per heavy atom. The first-order chi connectivity index (χ1) is 13.8. The second-order valence-corrected chi connectivity index (χ2v) is 9.69. The molecular formula is C18H24BrN5O4S. The van der Waals surface area contributed by atoms with Gasteiger partial charge in [0.05, 0.1) is 11.4 Å². The zero-order valence-electron chi connectivity index (χ0n) is 16.1. The van der Waals surface area contributed by atoms with Crippen molar-refractivity contribution < 1.29 is 17.6 Å². The molecule has 1 amide bonds. The largest absolute Gasteiger partial charge is 0.431 e. The first-order valence-corrected chi connectivity index (χ1v) is 11.7. The van der Waals surface area contributed by atoms with E-state index in [-0.39, 0.29) is 17.5 Å². The van der Waals surface area contributed by atoms with E-state index in [2.05, 4.69) is 31.1 Å². The number of unbranched alkanes of at least 4 members (excludes halogenated alkanes) is 1. The summed E-state index contributed by atoms with van der Waals surface area (Å²) in [5, 5.41) is 2.78. The van der Waals surface area contributed by atoms with Gasteiger partial charge in [-0.1, -0.05) is 13.3 Å². The van der Waals surface area contributed by atoms with Gasteiger partial charge >= 0.3 is 0 Å². The average Bonchev–Trinajstić information content (AvgIpc) is 3.15. The lowest BCUT2D eigenvalue weighted by Crippen LogP contribution is -2.49. The number of amides is 1. The Balaban J connectivity index is 1.66. The maximum atomic E-state index is 12.4. The molecule has 0 atom stereocenters. The molecule has 0 unspecified atom stereocenters. The van der Waals surface area contributed by atoms with E-state index in [1.54, 1.807) is 4.31 Å². The summed E-state index contributed by atoms with van der Waals surface area (Å²) in [6, 6.07) is 5.53. The minimum atomic E-state index is -3.19. The Morgan fingerprint density at radius 3 is 2.66 bits per heavy atom. The number of oxazole rings is 1. The van der Waals surface area contributed by atoms with Crippen LogP contribution in [0.25, 0.3) is 0 Å². The minimum absolute atomic E-state index is 0.0743. The van der Waals surface area contributed by atoms with Crippen LogP contribution in [0.2, 0.25) is 0 Å². The molecule has 158 valence electrons. The summed E-state index contributed by atoms with van der Waals surface area (Å²) in [6.45, 7) is 4.04. The highest BCUT2D eigenvalue weighted by Crippen LogP contribution is 2.29. The number of rotatable bonds is 7. The number of anilines is 3. The van der Waals surface area contributed by atoms with E-state index < -0.39 is 15.9 Å². The van der Waals surface area contributed by atoms with Crippen molar-refractivity contribution in [2.75, 3.05) is 47.9 Å². The van der Waals surface area contributed by atoms with Gasteiger partial charge < -0.3 is 20.4 Å². The van der Waals surface area contributed by atoms with E-state index in [1.807, 2.05) is 25.1 Å². The first kappa shape index (κ1) is 21.6. The van der Waals surface area contributed by atoms with Crippen LogP contribution in [0.4, 0.5) is 17.4 Å². The van der Waals surface area contributed by atoms with E-state index in [0.717, 1.165) is 12.1 Å². The topological polar surface area (TPSA) is 122 Å². The Kier molecular flexibility index (Phi) is 6.81. The summed E-state index contributed by atoms with van der Waals surface area (Å²) in [4.78, 5) is 18.2. The van der Waals surface area contributed by atoms with Crippen molar-refractivity contribution in [3.63, 3.8) is 0 Å². The first-order valence-electron chi connectivity index (χ1n) is 9.35. The molecule has 1 aliphatic rings. The molecule has 1 aromatic carbocycles. The van der Waals surface area contributed by atoms with Crippen molar-refractivity contribution in [1.29, 1.82) is 0 Å². The molecule has 9 nitrogen and oxygen atoms in total. The normalized spacial score (nSPS) is 15.4. The summed E-state index contributed by atoms with van der Waals surface area (Å²) in [5.74, 6) is -0.236. The monoisotopic (exact) mass is 485 g/mol. The quantitative estimate of drug-likeness (QED) is 0.617. The van der Waals surface area contributed by atoms with Crippen molar-refractivity contribution in [1.82, 2.24) is 9.29 Å². The molecule has 1 fully saturated rings. The van der Waals surface area contributed by atoms with E-state index in [0.29, 0.717) is 42.8 Å². The lowest BCUT2D eigenvalue weighted by Gasteiger charge is -2.35. The third-order valence-electron chi connectivity index (χ3n) is 4.71. The Morgan fingerprint density at radius 2 is 2.03 bits per heavy atom. The molecule has 0 saturated carbocycles. The number of aromatic nitrogens is 1. The van der Waals surface area contributed by atoms with Gasteiger partial charge in [-0.25, -0.2) is 8.42 Å². The highest BCUT2D eigenvalue weighted by molar-refractivity contribution is 9.10. The molecular weight excluding hydrogens is 462 g/mol. The number of benzene rings is 1. The van der Waals surface area contributed by atoms with Gasteiger partial charge in [0.25, 0.3) is 11.9 Å². The SMILES string of the molecule is CCCCS(=O)(=O)N1CCN(c2ccc(Br)c(NC(=O)c3coc(N)n3)c2)CC1. The van der Waals surface area contributed by atoms with Gasteiger partial charge in [-0.15, -0.1) is 0 Å². The number of carbonyl (C=O) groups is 1. The fourth-order valence-corrected chi connectivity index (χ4v) is 5.04. The van der Waals surface area contributed by atoms with Gasteiger partial charge in [0, 0.05) is 36.3 Å². The van der Waals surface area contributed by atoms with Gasteiger partial charge in [-0.05, 0) is 40.5 Å². The second-order valence-electron chi connectivity index (χ2n) is 6.74. The molecule has 11 heteroatoms. The van der Waals surface area contributed by atoms with E-state index in [9.17, 15) is 13.2 Å². The zero-order valence-corrected chi connectivity index (χ0v) is 18.5. The van der Waals surface area contributed by atoms with Crippen molar-refractivity contribution in [3.05, 3.63) is 34.6 Å². The van der Waals surface area contributed by atoms with E-state index in [1.165, 1.54) is 6.26 Å². The van der Waals surface area contributed by atoms with Gasteiger partial charge in [0.2, 0.25) is 10.0 Å².